The molecule has 0 aromatic heterocycles. The number of likely N-dealkylation sites (tertiary alicyclic amines) is 1. The summed E-state index contributed by atoms with van der Waals surface area (Å²) in [5.41, 5.74) is 2.39. The van der Waals surface area contributed by atoms with Crippen LogP contribution in [0.3, 0.4) is 0 Å². The molecule has 2 amide bonds. The van der Waals surface area contributed by atoms with Gasteiger partial charge in [0.1, 0.15) is 11.6 Å². The third-order valence-corrected chi connectivity index (χ3v) is 5.40. The molecule has 2 atom stereocenters. The molecule has 1 fully saturated rings. The maximum absolute atomic E-state index is 12.9. The molecule has 0 aliphatic carbocycles. The van der Waals surface area contributed by atoms with Crippen molar-refractivity contribution in [1.82, 2.24) is 4.90 Å². The van der Waals surface area contributed by atoms with E-state index in [9.17, 15) is 14.4 Å². The quantitative estimate of drug-likeness (QED) is 0.762. The lowest BCUT2D eigenvalue weighted by Gasteiger charge is -2.29. The van der Waals surface area contributed by atoms with Gasteiger partial charge in [-0.1, -0.05) is 17.7 Å². The molecule has 0 radical (unpaired) electrons. The van der Waals surface area contributed by atoms with Crippen molar-refractivity contribution in [2.24, 2.45) is 0 Å². The number of hydrogen-bond acceptors (Lipinski definition) is 6. The third-order valence-electron chi connectivity index (χ3n) is 5.40. The molecule has 30 heavy (non-hydrogen) atoms. The normalized spacial score (nSPS) is 20.0. The first kappa shape index (κ1) is 19.8. The fourth-order valence-electron chi connectivity index (χ4n) is 3.91. The third kappa shape index (κ3) is 3.24. The number of ether oxygens (including phenoxy) is 3. The highest BCUT2D eigenvalue weighted by Gasteiger charge is 2.47. The van der Waals surface area contributed by atoms with Gasteiger partial charge in [0.2, 0.25) is 18.0 Å². The van der Waals surface area contributed by atoms with E-state index >= 15 is 0 Å². The molecule has 2 aromatic rings. The van der Waals surface area contributed by atoms with Crippen molar-refractivity contribution in [1.29, 1.82) is 0 Å². The van der Waals surface area contributed by atoms with Gasteiger partial charge in [-0.25, -0.2) is 4.79 Å². The molecule has 8 nitrogen and oxygen atoms in total. The van der Waals surface area contributed by atoms with E-state index in [2.05, 4.69) is 5.32 Å². The van der Waals surface area contributed by atoms with Gasteiger partial charge in [0.25, 0.3) is 0 Å². The monoisotopic (exact) mass is 410 g/mol. The number of nitrogens with zero attached hydrogens (tertiary/aromatic N) is 1. The van der Waals surface area contributed by atoms with E-state index in [4.69, 9.17) is 14.2 Å². The van der Waals surface area contributed by atoms with Crippen molar-refractivity contribution in [2.45, 2.75) is 32.0 Å². The van der Waals surface area contributed by atoms with Crippen LogP contribution in [0.2, 0.25) is 0 Å². The van der Waals surface area contributed by atoms with Gasteiger partial charge in [-0.15, -0.1) is 0 Å². The number of fused-ring (bicyclic) bond motifs is 1. The first-order valence-corrected chi connectivity index (χ1v) is 9.59. The fourth-order valence-corrected chi connectivity index (χ4v) is 3.91. The van der Waals surface area contributed by atoms with E-state index < -0.39 is 18.2 Å². The number of esters is 1. The second kappa shape index (κ2) is 7.70. The van der Waals surface area contributed by atoms with Crippen LogP contribution >= 0.6 is 0 Å². The second-order valence-corrected chi connectivity index (χ2v) is 7.23. The maximum Gasteiger partial charge on any atom is 0.344 e. The van der Waals surface area contributed by atoms with Gasteiger partial charge in [-0.3, -0.25) is 14.5 Å². The largest absolute Gasteiger partial charge is 0.493 e. The average Bonchev–Trinajstić information content (AvgIpc) is 3.28. The minimum Gasteiger partial charge on any atom is -0.493 e. The molecule has 0 saturated carbocycles. The Bertz CT molecular complexity index is 1020. The van der Waals surface area contributed by atoms with Gasteiger partial charge in [0, 0.05) is 17.7 Å². The summed E-state index contributed by atoms with van der Waals surface area (Å²) in [7, 11) is 2.90. The Morgan fingerprint density at radius 1 is 1.10 bits per heavy atom. The maximum atomic E-state index is 12.9. The molecule has 2 aliphatic rings. The number of nitrogens with one attached hydrogen (secondary N) is 1. The number of carbonyl (C=O) groups is 3. The van der Waals surface area contributed by atoms with Crippen LogP contribution in [0.1, 0.15) is 40.6 Å². The number of benzene rings is 2. The predicted octanol–water partition coefficient (Wildman–Crippen LogP) is 2.81. The minimum atomic E-state index is -0.990. The Labute approximate surface area is 173 Å². The van der Waals surface area contributed by atoms with Crippen LogP contribution in [0, 0.1) is 6.92 Å². The summed E-state index contributed by atoms with van der Waals surface area (Å²) in [4.78, 5) is 39.5. The number of hydrogen-bond donors (Lipinski definition) is 1. The lowest BCUT2D eigenvalue weighted by atomic mass is 10.0. The molecule has 0 spiro atoms. The zero-order valence-corrected chi connectivity index (χ0v) is 16.9. The number of aryl methyl sites for hydroxylation is 1. The summed E-state index contributed by atoms with van der Waals surface area (Å²) in [6.45, 7) is 1.96. The van der Waals surface area contributed by atoms with Crippen LogP contribution in [0.25, 0.3) is 0 Å². The van der Waals surface area contributed by atoms with Crippen molar-refractivity contribution in [3.63, 3.8) is 0 Å². The molecule has 2 heterocycles. The SMILES string of the molecule is COc1ccc2c(c1OC)C(=O)O[C@@H]2N1C(=O)CC[C@@H]1C(=O)Nc1ccc(C)cc1. The van der Waals surface area contributed by atoms with Gasteiger partial charge >= 0.3 is 5.97 Å². The molecule has 1 saturated heterocycles. The summed E-state index contributed by atoms with van der Waals surface area (Å²) >= 11 is 0. The molecular formula is C22H22N2O6. The van der Waals surface area contributed by atoms with Crippen LogP contribution in [0.5, 0.6) is 11.5 Å². The van der Waals surface area contributed by atoms with E-state index in [1.165, 1.54) is 19.1 Å². The number of cyclic esters (lactones) is 1. The molecule has 2 aromatic carbocycles. The second-order valence-electron chi connectivity index (χ2n) is 7.23. The first-order chi connectivity index (χ1) is 14.4. The van der Waals surface area contributed by atoms with Gasteiger partial charge in [0.05, 0.1) is 14.2 Å². The Morgan fingerprint density at radius 3 is 2.50 bits per heavy atom. The van der Waals surface area contributed by atoms with Crippen LogP contribution in [-0.2, 0) is 14.3 Å². The number of amides is 2. The van der Waals surface area contributed by atoms with E-state index in [-0.39, 0.29) is 29.5 Å². The summed E-state index contributed by atoms with van der Waals surface area (Å²) < 4.78 is 16.1. The molecule has 1 N–H and O–H groups in total. The van der Waals surface area contributed by atoms with Gasteiger partial charge in [0.15, 0.2) is 11.5 Å². The van der Waals surface area contributed by atoms with E-state index in [0.717, 1.165) is 5.56 Å². The van der Waals surface area contributed by atoms with Crippen molar-refractivity contribution in [3.8, 4) is 11.5 Å². The average molecular weight is 410 g/mol. The van der Waals surface area contributed by atoms with Crippen molar-refractivity contribution >= 4 is 23.5 Å². The lowest BCUT2D eigenvalue weighted by molar-refractivity contribution is -0.144. The topological polar surface area (TPSA) is 94.2 Å². The van der Waals surface area contributed by atoms with Gasteiger partial charge in [-0.05, 0) is 37.6 Å². The first-order valence-electron chi connectivity index (χ1n) is 9.59. The molecule has 4 rings (SSSR count). The van der Waals surface area contributed by atoms with Crippen molar-refractivity contribution < 1.29 is 28.6 Å². The molecule has 8 heteroatoms. The summed E-state index contributed by atoms with van der Waals surface area (Å²) in [5.74, 6) is -0.567. The van der Waals surface area contributed by atoms with Crippen LogP contribution in [0.4, 0.5) is 5.69 Å². The highest BCUT2D eigenvalue weighted by Crippen LogP contribution is 2.45. The minimum absolute atomic E-state index is 0.197. The van der Waals surface area contributed by atoms with Crippen LogP contribution in [-0.4, -0.2) is 42.9 Å². The van der Waals surface area contributed by atoms with Crippen molar-refractivity contribution in [3.05, 3.63) is 53.1 Å². The number of carbonyl (C=O) groups excluding carboxylic acids is 3. The molecule has 0 bridgehead atoms. The molecular weight excluding hydrogens is 388 g/mol. The standard InChI is InChI=1S/C22H22N2O6/c1-12-4-6-13(7-5-12)23-20(26)15-9-11-17(25)24(15)21-14-8-10-16(28-2)19(29-3)18(14)22(27)30-21/h4-8,10,15,21H,9,11H2,1-3H3,(H,23,26)/t15-,21+/m1/s1. The highest BCUT2D eigenvalue weighted by molar-refractivity contribution is 6.01. The Hall–Kier alpha value is -3.55. The van der Waals surface area contributed by atoms with E-state index in [1.54, 1.807) is 24.3 Å². The van der Waals surface area contributed by atoms with Crippen molar-refractivity contribution in [2.75, 3.05) is 19.5 Å². The molecule has 156 valence electrons. The van der Waals surface area contributed by atoms with Crippen LogP contribution in [0.15, 0.2) is 36.4 Å². The highest BCUT2D eigenvalue weighted by atomic mass is 16.6. The Morgan fingerprint density at radius 2 is 1.83 bits per heavy atom. The van der Waals surface area contributed by atoms with Crippen LogP contribution < -0.4 is 14.8 Å². The lowest BCUT2D eigenvalue weighted by Crippen LogP contribution is -2.43. The predicted molar refractivity (Wildman–Crippen MR) is 107 cm³/mol. The van der Waals surface area contributed by atoms with Gasteiger partial charge in [-0.2, -0.15) is 0 Å². The Balaban J connectivity index is 1.64. The summed E-state index contributed by atoms with van der Waals surface area (Å²) in [6, 6.07) is 9.94. The fraction of sp³-hybridized carbons (Fsp3) is 0.318. The Kier molecular flexibility index (Phi) is 5.07. The molecule has 2 aliphatic heterocycles. The smallest absolute Gasteiger partial charge is 0.344 e. The number of rotatable bonds is 5. The van der Waals surface area contributed by atoms with E-state index in [0.29, 0.717) is 23.4 Å². The van der Waals surface area contributed by atoms with E-state index in [1.807, 2.05) is 19.1 Å². The zero-order valence-electron chi connectivity index (χ0n) is 16.9. The zero-order chi connectivity index (χ0) is 21.4. The molecule has 0 unspecified atom stereocenters. The van der Waals surface area contributed by atoms with Gasteiger partial charge < -0.3 is 19.5 Å². The summed E-state index contributed by atoms with van der Waals surface area (Å²) in [6.07, 6.45) is -0.452. The summed E-state index contributed by atoms with van der Waals surface area (Å²) in [5, 5.41) is 2.84. The number of anilines is 1. The number of methoxy groups -OCH3 is 2.